The highest BCUT2D eigenvalue weighted by Crippen LogP contribution is 2.17. The number of nitrogens with one attached hydrogen (secondary N) is 1. The van der Waals surface area contributed by atoms with Crippen LogP contribution < -0.4 is 11.1 Å². The van der Waals surface area contributed by atoms with Crippen molar-refractivity contribution in [1.29, 1.82) is 0 Å². The fourth-order valence-electron chi connectivity index (χ4n) is 1.01. The summed E-state index contributed by atoms with van der Waals surface area (Å²) in [5.41, 5.74) is 6.08. The van der Waals surface area contributed by atoms with Crippen LogP contribution in [0.25, 0.3) is 0 Å². The zero-order valence-electron chi connectivity index (χ0n) is 8.49. The number of anilines is 1. The average molecular weight is 246 g/mol. The van der Waals surface area contributed by atoms with Crippen LogP contribution in [0.4, 0.5) is 5.69 Å². The van der Waals surface area contributed by atoms with Gasteiger partial charge in [0.05, 0.1) is 5.69 Å². The molecule has 1 aromatic rings. The highest BCUT2D eigenvalue weighted by Gasteiger charge is 2.10. The molecule has 0 bridgehead atoms. The molecule has 1 aromatic heterocycles. The van der Waals surface area contributed by atoms with Gasteiger partial charge in [-0.25, -0.2) is 0 Å². The second kappa shape index (κ2) is 5.87. The first-order chi connectivity index (χ1) is 7.15. The Bertz CT molecular complexity index is 363. The monoisotopic (exact) mass is 246 g/mol. The Morgan fingerprint density at radius 2 is 2.40 bits per heavy atom. The number of rotatable bonds is 5. The molecule has 15 heavy (non-hydrogen) atoms. The molecule has 0 spiro atoms. The van der Waals surface area contributed by atoms with Crippen LogP contribution in [-0.2, 0) is 10.8 Å². The van der Waals surface area contributed by atoms with Gasteiger partial charge in [-0.15, -0.1) is 11.3 Å². The van der Waals surface area contributed by atoms with Crippen LogP contribution in [0, 0.1) is 0 Å². The molecular formula is C9H14N2O2S2. The van der Waals surface area contributed by atoms with E-state index < -0.39 is 10.8 Å². The predicted molar refractivity (Wildman–Crippen MR) is 64.6 cm³/mol. The zero-order chi connectivity index (χ0) is 11.3. The molecule has 0 radical (unpaired) electrons. The number of hydrogen-bond acceptors (Lipinski definition) is 4. The first-order valence-electron chi connectivity index (χ1n) is 4.61. The molecule has 84 valence electrons. The van der Waals surface area contributed by atoms with Crippen LogP contribution in [0.5, 0.6) is 0 Å². The van der Waals surface area contributed by atoms with Gasteiger partial charge in [0.25, 0.3) is 5.91 Å². The fraction of sp³-hybridized carbons (Fsp3) is 0.444. The van der Waals surface area contributed by atoms with Crippen molar-refractivity contribution >= 4 is 33.7 Å². The molecule has 1 amide bonds. The van der Waals surface area contributed by atoms with E-state index in [2.05, 4.69) is 5.32 Å². The lowest BCUT2D eigenvalue weighted by Crippen LogP contribution is -2.27. The second-order valence-electron chi connectivity index (χ2n) is 2.89. The van der Waals surface area contributed by atoms with Crippen LogP contribution in [0.15, 0.2) is 11.4 Å². The van der Waals surface area contributed by atoms with E-state index >= 15 is 0 Å². The van der Waals surface area contributed by atoms with Crippen molar-refractivity contribution in [3.63, 3.8) is 0 Å². The molecule has 0 saturated carbocycles. The summed E-state index contributed by atoms with van der Waals surface area (Å²) in [5, 5.41) is 4.46. The lowest BCUT2D eigenvalue weighted by atomic mass is 10.4. The van der Waals surface area contributed by atoms with Crippen molar-refractivity contribution in [3.05, 3.63) is 16.3 Å². The smallest absolute Gasteiger partial charge is 0.263 e. The second-order valence-corrected chi connectivity index (χ2v) is 5.67. The maximum Gasteiger partial charge on any atom is 0.263 e. The number of carbonyl (C=O) groups excluding carboxylic acids is 1. The molecule has 1 heterocycles. The highest BCUT2D eigenvalue weighted by molar-refractivity contribution is 7.84. The molecule has 0 aromatic carbocycles. The number of amides is 1. The van der Waals surface area contributed by atoms with Gasteiger partial charge < -0.3 is 11.1 Å². The third kappa shape index (κ3) is 3.64. The molecule has 0 aliphatic heterocycles. The number of nitrogens with two attached hydrogens (primary N) is 1. The molecule has 0 fully saturated rings. The van der Waals surface area contributed by atoms with Crippen molar-refractivity contribution < 1.29 is 9.00 Å². The third-order valence-corrected chi connectivity index (χ3v) is 4.07. The predicted octanol–water partition coefficient (Wildman–Crippen LogP) is 0.829. The van der Waals surface area contributed by atoms with Crippen LogP contribution in [0.1, 0.15) is 16.6 Å². The normalized spacial score (nSPS) is 12.3. The first-order valence-corrected chi connectivity index (χ1v) is 6.98. The largest absolute Gasteiger partial charge is 0.397 e. The van der Waals surface area contributed by atoms with Gasteiger partial charge in [-0.3, -0.25) is 9.00 Å². The summed E-state index contributed by atoms with van der Waals surface area (Å²) in [6.07, 6.45) is 0. The van der Waals surface area contributed by atoms with Gasteiger partial charge in [0.15, 0.2) is 0 Å². The van der Waals surface area contributed by atoms with Crippen LogP contribution in [0.3, 0.4) is 0 Å². The number of hydrogen-bond donors (Lipinski definition) is 2. The van der Waals surface area contributed by atoms with Crippen molar-refractivity contribution in [2.45, 2.75) is 6.92 Å². The Kier molecular flexibility index (Phi) is 4.77. The van der Waals surface area contributed by atoms with Gasteiger partial charge >= 0.3 is 0 Å². The molecule has 1 atom stereocenters. The van der Waals surface area contributed by atoms with E-state index in [1.165, 1.54) is 11.3 Å². The van der Waals surface area contributed by atoms with Gasteiger partial charge in [0, 0.05) is 28.9 Å². The topological polar surface area (TPSA) is 72.2 Å². The van der Waals surface area contributed by atoms with E-state index in [-0.39, 0.29) is 5.91 Å². The van der Waals surface area contributed by atoms with Gasteiger partial charge in [-0.1, -0.05) is 6.92 Å². The van der Waals surface area contributed by atoms with E-state index in [0.717, 1.165) is 0 Å². The summed E-state index contributed by atoms with van der Waals surface area (Å²) >= 11 is 1.31. The summed E-state index contributed by atoms with van der Waals surface area (Å²) in [7, 11) is -0.838. The maximum absolute atomic E-state index is 11.5. The van der Waals surface area contributed by atoms with E-state index in [1.807, 2.05) is 6.92 Å². The van der Waals surface area contributed by atoms with E-state index in [1.54, 1.807) is 11.4 Å². The van der Waals surface area contributed by atoms with E-state index in [0.29, 0.717) is 28.6 Å². The molecule has 1 unspecified atom stereocenters. The minimum Gasteiger partial charge on any atom is -0.397 e. The lowest BCUT2D eigenvalue weighted by molar-refractivity contribution is 0.0961. The Balaban J connectivity index is 2.38. The van der Waals surface area contributed by atoms with E-state index in [4.69, 9.17) is 5.73 Å². The van der Waals surface area contributed by atoms with Gasteiger partial charge in [0.2, 0.25) is 0 Å². The molecule has 3 N–H and O–H groups in total. The van der Waals surface area contributed by atoms with Crippen LogP contribution in [0.2, 0.25) is 0 Å². The lowest BCUT2D eigenvalue weighted by Gasteiger charge is -2.03. The summed E-state index contributed by atoms with van der Waals surface area (Å²) in [6.45, 7) is 2.28. The Labute approximate surface area is 95.3 Å². The van der Waals surface area contributed by atoms with Gasteiger partial charge in [-0.05, 0) is 11.4 Å². The standard InChI is InChI=1S/C9H14N2O2S2/c1-2-15(13)6-4-11-9(12)8-7(10)3-5-14-8/h3,5H,2,4,6,10H2,1H3,(H,11,12). The molecule has 0 aliphatic rings. The first kappa shape index (κ1) is 12.2. The molecule has 1 rings (SSSR count). The summed E-state index contributed by atoms with van der Waals surface area (Å²) in [4.78, 5) is 12.0. The van der Waals surface area contributed by atoms with Crippen molar-refractivity contribution in [1.82, 2.24) is 5.32 Å². The third-order valence-electron chi connectivity index (χ3n) is 1.84. The van der Waals surface area contributed by atoms with Crippen LogP contribution in [-0.4, -0.2) is 28.2 Å². The van der Waals surface area contributed by atoms with Crippen molar-refractivity contribution in [3.8, 4) is 0 Å². The number of thiophene rings is 1. The molecular weight excluding hydrogens is 232 g/mol. The fourth-order valence-corrected chi connectivity index (χ4v) is 2.36. The maximum atomic E-state index is 11.5. The Morgan fingerprint density at radius 3 is 2.93 bits per heavy atom. The summed E-state index contributed by atoms with van der Waals surface area (Å²) in [5.74, 6) is 0.931. The Hall–Kier alpha value is -0.880. The zero-order valence-corrected chi connectivity index (χ0v) is 10.1. The van der Waals surface area contributed by atoms with Gasteiger partial charge in [-0.2, -0.15) is 0 Å². The molecule has 0 saturated heterocycles. The van der Waals surface area contributed by atoms with Crippen molar-refractivity contribution in [2.24, 2.45) is 0 Å². The van der Waals surface area contributed by atoms with E-state index in [9.17, 15) is 9.00 Å². The summed E-state index contributed by atoms with van der Waals surface area (Å²) < 4.78 is 11.1. The number of nitrogen functional groups attached to an aromatic ring is 1. The quantitative estimate of drug-likeness (QED) is 0.808. The van der Waals surface area contributed by atoms with Crippen LogP contribution >= 0.6 is 11.3 Å². The van der Waals surface area contributed by atoms with Gasteiger partial charge in [0.1, 0.15) is 4.88 Å². The average Bonchev–Trinajstić information content (AvgIpc) is 2.64. The molecule has 6 heteroatoms. The minimum atomic E-state index is -0.838. The molecule has 0 aliphatic carbocycles. The van der Waals surface area contributed by atoms with Crippen molar-refractivity contribution in [2.75, 3.05) is 23.8 Å². The molecule has 4 nitrogen and oxygen atoms in total. The summed E-state index contributed by atoms with van der Waals surface area (Å²) in [6, 6.07) is 1.70. The SMILES string of the molecule is CCS(=O)CCNC(=O)c1sccc1N. The number of carbonyl (C=O) groups is 1. The minimum absolute atomic E-state index is 0.185. The Morgan fingerprint density at radius 1 is 1.67 bits per heavy atom. The highest BCUT2D eigenvalue weighted by atomic mass is 32.2.